The van der Waals surface area contributed by atoms with Gasteiger partial charge in [0, 0.05) is 23.2 Å². The highest BCUT2D eigenvalue weighted by molar-refractivity contribution is 7.92. The summed E-state index contributed by atoms with van der Waals surface area (Å²) in [5, 5.41) is 3.83. The fourth-order valence-corrected chi connectivity index (χ4v) is 3.11. The highest BCUT2D eigenvalue weighted by Gasteiger charge is 2.20. The van der Waals surface area contributed by atoms with E-state index in [0.717, 1.165) is 17.5 Å². The molecule has 0 fully saturated rings. The number of ether oxygens (including phenoxy) is 1. The third-order valence-electron chi connectivity index (χ3n) is 3.91. The summed E-state index contributed by atoms with van der Waals surface area (Å²) < 4.78 is 34.9. The van der Waals surface area contributed by atoms with Gasteiger partial charge in [0.15, 0.2) is 6.10 Å². The maximum Gasteiger partial charge on any atom is 0.306 e. The molecule has 2 rings (SSSR count). The Morgan fingerprint density at radius 2 is 1.85 bits per heavy atom. The summed E-state index contributed by atoms with van der Waals surface area (Å²) in [6.45, 7) is 5.07. The number of benzene rings is 1. The number of nitrogens with one attached hydrogen (secondary N) is 1. The molecular weight excluding hydrogens is 372 g/mol. The van der Waals surface area contributed by atoms with E-state index in [4.69, 9.17) is 9.26 Å². The first kappa shape index (κ1) is 20.6. The summed E-state index contributed by atoms with van der Waals surface area (Å²) >= 11 is 0. The Bertz CT molecular complexity index is 912. The van der Waals surface area contributed by atoms with Crippen molar-refractivity contribution in [3.63, 3.8) is 0 Å². The number of aromatic nitrogens is 1. The van der Waals surface area contributed by atoms with Crippen LogP contribution >= 0.6 is 0 Å². The number of carbonyl (C=O) groups is 2. The largest absolute Gasteiger partial charge is 0.454 e. The molecule has 1 aromatic carbocycles. The molecule has 0 bridgehead atoms. The number of rotatable bonds is 8. The van der Waals surface area contributed by atoms with Crippen LogP contribution in [0.25, 0.3) is 0 Å². The minimum atomic E-state index is -3.39. The summed E-state index contributed by atoms with van der Waals surface area (Å²) in [4.78, 5) is 24.4. The maximum absolute atomic E-state index is 12.4. The third kappa shape index (κ3) is 5.92. The van der Waals surface area contributed by atoms with Gasteiger partial charge >= 0.3 is 5.97 Å². The van der Waals surface area contributed by atoms with E-state index in [-0.39, 0.29) is 12.2 Å². The zero-order chi connectivity index (χ0) is 20.2. The lowest BCUT2D eigenvalue weighted by atomic mass is 10.1. The van der Waals surface area contributed by atoms with Crippen LogP contribution in [0.2, 0.25) is 0 Å². The minimum absolute atomic E-state index is 0.109. The lowest BCUT2D eigenvalue weighted by molar-refractivity contribution is -0.146. The molecule has 8 nitrogen and oxygen atoms in total. The van der Waals surface area contributed by atoms with E-state index in [1.54, 1.807) is 13.8 Å². The van der Waals surface area contributed by atoms with Gasteiger partial charge in [-0.1, -0.05) is 5.16 Å². The van der Waals surface area contributed by atoms with Gasteiger partial charge in [-0.2, -0.15) is 0 Å². The van der Waals surface area contributed by atoms with Crippen molar-refractivity contribution in [2.75, 3.05) is 11.0 Å². The first-order valence-electron chi connectivity index (χ1n) is 8.30. The van der Waals surface area contributed by atoms with Crippen LogP contribution in [-0.4, -0.2) is 37.7 Å². The van der Waals surface area contributed by atoms with E-state index in [9.17, 15) is 18.0 Å². The fraction of sp³-hybridized carbons (Fsp3) is 0.389. The van der Waals surface area contributed by atoms with Gasteiger partial charge in [0.05, 0.1) is 11.9 Å². The summed E-state index contributed by atoms with van der Waals surface area (Å²) in [5.74, 6) is -0.204. The Balaban J connectivity index is 1.91. The Morgan fingerprint density at radius 1 is 1.22 bits per heavy atom. The van der Waals surface area contributed by atoms with Crippen molar-refractivity contribution in [3.05, 3.63) is 46.8 Å². The molecule has 1 aromatic heterocycles. The molecule has 0 aliphatic heterocycles. The first-order chi connectivity index (χ1) is 12.6. The quantitative estimate of drug-likeness (QED) is 0.540. The van der Waals surface area contributed by atoms with Crippen LogP contribution in [-0.2, 0) is 26.0 Å². The highest BCUT2D eigenvalue weighted by Crippen LogP contribution is 2.16. The Hall–Kier alpha value is -2.68. The molecule has 0 unspecified atom stereocenters. The molecule has 27 heavy (non-hydrogen) atoms. The second-order valence-corrected chi connectivity index (χ2v) is 8.00. The fourth-order valence-electron chi connectivity index (χ4n) is 2.55. The van der Waals surface area contributed by atoms with Crippen molar-refractivity contribution >= 4 is 27.5 Å². The number of nitrogens with zero attached hydrogens (tertiary/aromatic N) is 1. The standard InChI is InChI=1S/C18H22N2O6S/c1-11-16(12(2)26-19-11)9-10-17(21)25-13(3)18(22)14-5-7-15(8-6-14)20-27(4,23)24/h5-8,13,20H,9-10H2,1-4H3/t13-/m1/s1. The number of hydrogen-bond donors (Lipinski definition) is 1. The molecule has 9 heteroatoms. The smallest absolute Gasteiger partial charge is 0.306 e. The topological polar surface area (TPSA) is 116 Å². The number of ketones is 1. The van der Waals surface area contributed by atoms with Crippen LogP contribution in [0.1, 0.15) is 40.7 Å². The average molecular weight is 394 g/mol. The number of aryl methyl sites for hydroxylation is 2. The number of Topliss-reactive ketones (excluding diaryl/α,β-unsaturated/α-hetero) is 1. The Morgan fingerprint density at radius 3 is 2.37 bits per heavy atom. The number of esters is 1. The number of carbonyl (C=O) groups excluding carboxylic acids is 2. The molecular formula is C18H22N2O6S. The molecule has 0 saturated carbocycles. The number of sulfonamides is 1. The van der Waals surface area contributed by atoms with Gasteiger partial charge in [0.1, 0.15) is 5.76 Å². The minimum Gasteiger partial charge on any atom is -0.454 e. The SMILES string of the molecule is Cc1noc(C)c1CCC(=O)O[C@H](C)C(=O)c1ccc(NS(C)(=O)=O)cc1. The maximum atomic E-state index is 12.4. The second-order valence-electron chi connectivity index (χ2n) is 6.25. The molecule has 1 N–H and O–H groups in total. The van der Waals surface area contributed by atoms with Crippen LogP contribution in [0.4, 0.5) is 5.69 Å². The molecule has 0 aliphatic rings. The van der Waals surface area contributed by atoms with Crippen LogP contribution in [0.15, 0.2) is 28.8 Å². The van der Waals surface area contributed by atoms with E-state index >= 15 is 0 Å². The second kappa shape index (κ2) is 8.34. The molecule has 0 aliphatic carbocycles. The molecule has 146 valence electrons. The lowest BCUT2D eigenvalue weighted by Gasteiger charge is -2.13. The molecule has 1 heterocycles. The lowest BCUT2D eigenvalue weighted by Crippen LogP contribution is -2.24. The number of hydrogen-bond acceptors (Lipinski definition) is 7. The summed E-state index contributed by atoms with van der Waals surface area (Å²) in [6.07, 6.45) is 0.622. The zero-order valence-corrected chi connectivity index (χ0v) is 16.4. The Kier molecular flexibility index (Phi) is 6.37. The van der Waals surface area contributed by atoms with Crippen LogP contribution in [0.5, 0.6) is 0 Å². The van der Waals surface area contributed by atoms with Gasteiger partial charge < -0.3 is 9.26 Å². The highest BCUT2D eigenvalue weighted by atomic mass is 32.2. The molecule has 0 saturated heterocycles. The van der Waals surface area contributed by atoms with Crippen molar-refractivity contribution in [1.29, 1.82) is 0 Å². The van der Waals surface area contributed by atoms with Crippen LogP contribution < -0.4 is 4.72 Å². The van der Waals surface area contributed by atoms with E-state index in [2.05, 4.69) is 9.88 Å². The van der Waals surface area contributed by atoms with Crippen LogP contribution in [0, 0.1) is 13.8 Å². The van der Waals surface area contributed by atoms with E-state index in [0.29, 0.717) is 23.4 Å². The van der Waals surface area contributed by atoms with E-state index in [1.807, 2.05) is 0 Å². The van der Waals surface area contributed by atoms with Gasteiger partial charge in [-0.3, -0.25) is 14.3 Å². The Labute approximate surface area is 157 Å². The van der Waals surface area contributed by atoms with Crippen molar-refractivity contribution in [1.82, 2.24) is 5.16 Å². The van der Waals surface area contributed by atoms with Gasteiger partial charge in [-0.05, 0) is 51.5 Å². The van der Waals surface area contributed by atoms with Gasteiger partial charge in [-0.25, -0.2) is 8.42 Å². The molecule has 1 atom stereocenters. The van der Waals surface area contributed by atoms with E-state index in [1.165, 1.54) is 31.2 Å². The van der Waals surface area contributed by atoms with Crippen LogP contribution in [0.3, 0.4) is 0 Å². The van der Waals surface area contributed by atoms with Crippen molar-refractivity contribution in [2.24, 2.45) is 0 Å². The summed E-state index contributed by atoms with van der Waals surface area (Å²) in [6, 6.07) is 5.90. The molecule has 0 spiro atoms. The normalized spacial score (nSPS) is 12.4. The van der Waals surface area contributed by atoms with Gasteiger partial charge in [0.2, 0.25) is 15.8 Å². The van der Waals surface area contributed by atoms with Crippen molar-refractivity contribution in [2.45, 2.75) is 39.7 Å². The van der Waals surface area contributed by atoms with Crippen molar-refractivity contribution in [3.8, 4) is 0 Å². The third-order valence-corrected chi connectivity index (χ3v) is 4.52. The van der Waals surface area contributed by atoms with E-state index < -0.39 is 22.1 Å². The first-order valence-corrected chi connectivity index (χ1v) is 10.2. The summed E-state index contributed by atoms with van der Waals surface area (Å²) in [5.41, 5.74) is 2.25. The zero-order valence-electron chi connectivity index (χ0n) is 15.6. The van der Waals surface area contributed by atoms with Gasteiger partial charge in [-0.15, -0.1) is 0 Å². The molecule has 2 aromatic rings. The number of anilines is 1. The predicted octanol–water partition coefficient (Wildman–Crippen LogP) is 2.41. The predicted molar refractivity (Wildman–Crippen MR) is 99.1 cm³/mol. The summed E-state index contributed by atoms with van der Waals surface area (Å²) in [7, 11) is -3.39. The molecule has 0 amide bonds. The van der Waals surface area contributed by atoms with Crippen molar-refractivity contribution < 1.29 is 27.3 Å². The van der Waals surface area contributed by atoms with Gasteiger partial charge in [0.25, 0.3) is 0 Å². The monoisotopic (exact) mass is 394 g/mol. The molecule has 0 radical (unpaired) electrons. The average Bonchev–Trinajstić information content (AvgIpc) is 2.90.